The monoisotopic (exact) mass is 173 g/mol. The molecule has 0 amide bonds. The van der Waals surface area contributed by atoms with E-state index < -0.39 is 0 Å². The molecular weight excluding hydrogens is 166 g/mol. The molecule has 0 N–H and O–H groups in total. The van der Waals surface area contributed by atoms with Crippen molar-refractivity contribution in [3.8, 4) is 0 Å². The van der Waals surface area contributed by atoms with Crippen molar-refractivity contribution < 1.29 is 0 Å². The second-order valence-electron chi connectivity index (χ2n) is 1.22. The van der Waals surface area contributed by atoms with Gasteiger partial charge in [-0.15, -0.1) is 0 Å². The van der Waals surface area contributed by atoms with Crippen LogP contribution in [0.5, 0.6) is 0 Å². The van der Waals surface area contributed by atoms with Crippen LogP contribution >= 0.6 is 15.9 Å². The van der Waals surface area contributed by atoms with E-state index in [0.29, 0.717) is 0 Å². The third-order valence-corrected chi connectivity index (χ3v) is 1.32. The molecule has 0 aliphatic rings. The fourth-order valence-corrected chi connectivity index (χ4v) is 0.633. The first-order chi connectivity index (χ1) is 3.85. The SMILES string of the molecule is C=C/C(=C\N=C)CBr. The molecule has 44 valence electrons. The molecular formula is C6H8BrN. The number of aliphatic imine (C=N–C) groups is 1. The van der Waals surface area contributed by atoms with Crippen LogP contribution < -0.4 is 0 Å². The first-order valence-electron chi connectivity index (χ1n) is 2.18. The summed E-state index contributed by atoms with van der Waals surface area (Å²) in [7, 11) is 0. The summed E-state index contributed by atoms with van der Waals surface area (Å²) in [4.78, 5) is 3.56. The van der Waals surface area contributed by atoms with E-state index in [0.717, 1.165) is 10.9 Å². The molecule has 8 heavy (non-hydrogen) atoms. The molecule has 0 aliphatic carbocycles. The lowest BCUT2D eigenvalue weighted by Gasteiger charge is -1.87. The fraction of sp³-hybridized carbons (Fsp3) is 0.167. The van der Waals surface area contributed by atoms with E-state index in [2.05, 4.69) is 34.2 Å². The maximum Gasteiger partial charge on any atom is 0.0300 e. The van der Waals surface area contributed by atoms with Gasteiger partial charge in [-0.3, -0.25) is 4.99 Å². The summed E-state index contributed by atoms with van der Waals surface area (Å²) in [5.41, 5.74) is 1.04. The number of nitrogens with zero attached hydrogens (tertiary/aromatic N) is 1. The standard InChI is InChI=1S/C6H8BrN/c1-3-6(4-7)5-8-2/h3,5H,1-2,4H2/b6-5+. The van der Waals surface area contributed by atoms with Gasteiger partial charge >= 0.3 is 0 Å². The molecule has 0 aliphatic heterocycles. The Labute approximate surface area is 57.9 Å². The predicted octanol–water partition coefficient (Wildman–Crippen LogP) is 2.15. The van der Waals surface area contributed by atoms with E-state index in [-0.39, 0.29) is 0 Å². The lowest BCUT2D eigenvalue weighted by atomic mass is 10.3. The van der Waals surface area contributed by atoms with Gasteiger partial charge < -0.3 is 0 Å². The van der Waals surface area contributed by atoms with Gasteiger partial charge in [0.05, 0.1) is 0 Å². The smallest absolute Gasteiger partial charge is 0.0300 e. The van der Waals surface area contributed by atoms with Crippen LogP contribution in [0.25, 0.3) is 0 Å². The van der Waals surface area contributed by atoms with E-state index in [1.54, 1.807) is 12.3 Å². The molecule has 0 fully saturated rings. The van der Waals surface area contributed by atoms with Crippen LogP contribution in [0.4, 0.5) is 0 Å². The van der Waals surface area contributed by atoms with E-state index >= 15 is 0 Å². The van der Waals surface area contributed by atoms with E-state index in [9.17, 15) is 0 Å². The van der Waals surface area contributed by atoms with Crippen molar-refractivity contribution in [3.63, 3.8) is 0 Å². The summed E-state index contributed by atoms with van der Waals surface area (Å²) in [6.07, 6.45) is 3.41. The van der Waals surface area contributed by atoms with Gasteiger partial charge in [0.25, 0.3) is 0 Å². The fourth-order valence-electron chi connectivity index (χ4n) is 0.259. The number of rotatable bonds is 3. The van der Waals surface area contributed by atoms with Crippen LogP contribution in [-0.4, -0.2) is 12.0 Å². The normalized spacial score (nSPS) is 10.9. The van der Waals surface area contributed by atoms with Crippen LogP contribution in [0, 0.1) is 0 Å². The summed E-state index contributed by atoms with van der Waals surface area (Å²) in [6, 6.07) is 0. The molecule has 0 bridgehead atoms. The molecule has 0 spiro atoms. The van der Waals surface area contributed by atoms with Crippen molar-refractivity contribution in [2.24, 2.45) is 4.99 Å². The van der Waals surface area contributed by atoms with Crippen molar-refractivity contribution in [2.45, 2.75) is 0 Å². The Bertz CT molecular complexity index is 116. The molecule has 0 aromatic rings. The molecule has 0 radical (unpaired) electrons. The second kappa shape index (κ2) is 4.78. The van der Waals surface area contributed by atoms with Crippen molar-refractivity contribution in [3.05, 3.63) is 24.4 Å². The number of hydrogen-bond acceptors (Lipinski definition) is 1. The van der Waals surface area contributed by atoms with Crippen LogP contribution in [0.15, 0.2) is 29.4 Å². The van der Waals surface area contributed by atoms with Gasteiger partial charge in [-0.1, -0.05) is 28.6 Å². The first-order valence-corrected chi connectivity index (χ1v) is 3.30. The number of halogens is 1. The highest BCUT2D eigenvalue weighted by atomic mass is 79.9. The van der Waals surface area contributed by atoms with Gasteiger partial charge in [-0.25, -0.2) is 0 Å². The minimum absolute atomic E-state index is 0.787. The van der Waals surface area contributed by atoms with Crippen LogP contribution in [-0.2, 0) is 0 Å². The minimum Gasteiger partial charge on any atom is -0.272 e. The van der Waals surface area contributed by atoms with Gasteiger partial charge in [-0.2, -0.15) is 0 Å². The van der Waals surface area contributed by atoms with Gasteiger partial charge in [0.1, 0.15) is 0 Å². The van der Waals surface area contributed by atoms with E-state index in [4.69, 9.17) is 0 Å². The van der Waals surface area contributed by atoms with Gasteiger partial charge in [0, 0.05) is 11.5 Å². The topological polar surface area (TPSA) is 12.4 Å². The summed E-state index contributed by atoms with van der Waals surface area (Å²) in [6.45, 7) is 6.87. The highest BCUT2D eigenvalue weighted by Crippen LogP contribution is 1.99. The van der Waals surface area contributed by atoms with Crippen molar-refractivity contribution in [1.29, 1.82) is 0 Å². The van der Waals surface area contributed by atoms with E-state index in [1.807, 2.05) is 0 Å². The summed E-state index contributed by atoms with van der Waals surface area (Å²) >= 11 is 3.25. The largest absolute Gasteiger partial charge is 0.272 e. The minimum atomic E-state index is 0.787. The number of allylic oxidation sites excluding steroid dienone is 2. The lowest BCUT2D eigenvalue weighted by molar-refractivity contribution is 1.47. The summed E-state index contributed by atoms with van der Waals surface area (Å²) in [5.74, 6) is 0. The third kappa shape index (κ3) is 2.75. The first kappa shape index (κ1) is 7.63. The zero-order valence-corrected chi connectivity index (χ0v) is 6.19. The molecule has 1 nitrogen and oxygen atoms in total. The Kier molecular flexibility index (Phi) is 4.56. The second-order valence-corrected chi connectivity index (χ2v) is 1.79. The summed E-state index contributed by atoms with van der Waals surface area (Å²) in [5, 5.41) is 0.787. The van der Waals surface area contributed by atoms with Gasteiger partial charge in [0.15, 0.2) is 0 Å². The van der Waals surface area contributed by atoms with Crippen LogP contribution in [0.3, 0.4) is 0 Å². The zero-order valence-electron chi connectivity index (χ0n) is 4.60. The van der Waals surface area contributed by atoms with Crippen molar-refractivity contribution in [2.75, 3.05) is 5.33 Å². The molecule has 0 atom stereocenters. The van der Waals surface area contributed by atoms with Gasteiger partial charge in [0.2, 0.25) is 0 Å². The lowest BCUT2D eigenvalue weighted by Crippen LogP contribution is -1.73. The summed E-state index contributed by atoms with van der Waals surface area (Å²) < 4.78 is 0. The van der Waals surface area contributed by atoms with Gasteiger partial charge in [-0.05, 0) is 12.3 Å². The average molecular weight is 174 g/mol. The van der Waals surface area contributed by atoms with Crippen LogP contribution in [0.1, 0.15) is 0 Å². The average Bonchev–Trinajstić information content (AvgIpc) is 1.83. The molecule has 2 heteroatoms. The maximum absolute atomic E-state index is 3.56. The number of alkyl halides is 1. The Morgan fingerprint density at radius 1 is 1.75 bits per heavy atom. The molecule has 0 aromatic carbocycles. The molecule has 0 rings (SSSR count). The Morgan fingerprint density at radius 3 is 2.50 bits per heavy atom. The Balaban J connectivity index is 3.84. The molecule has 0 saturated carbocycles. The predicted molar refractivity (Wildman–Crippen MR) is 41.6 cm³/mol. The molecule has 0 aromatic heterocycles. The van der Waals surface area contributed by atoms with Crippen molar-refractivity contribution in [1.82, 2.24) is 0 Å². The number of hydrogen-bond donors (Lipinski definition) is 0. The maximum atomic E-state index is 3.56. The third-order valence-electron chi connectivity index (χ3n) is 0.674. The highest BCUT2D eigenvalue weighted by Gasteiger charge is 1.81. The quantitative estimate of drug-likeness (QED) is 0.353. The Morgan fingerprint density at radius 2 is 2.38 bits per heavy atom. The van der Waals surface area contributed by atoms with Crippen LogP contribution in [0.2, 0.25) is 0 Å². The van der Waals surface area contributed by atoms with E-state index in [1.165, 1.54) is 0 Å². The Hall–Kier alpha value is -0.370. The zero-order chi connectivity index (χ0) is 6.41. The molecule has 0 unspecified atom stereocenters. The molecule has 0 heterocycles. The molecule has 0 saturated heterocycles. The van der Waals surface area contributed by atoms with Crippen molar-refractivity contribution >= 4 is 22.6 Å². The highest BCUT2D eigenvalue weighted by molar-refractivity contribution is 9.09.